The molecular weight excluding hydrogens is 442 g/mol. The van der Waals surface area contributed by atoms with Gasteiger partial charge < -0.3 is 19.5 Å². The predicted octanol–water partition coefficient (Wildman–Crippen LogP) is 4.16. The van der Waals surface area contributed by atoms with Crippen LogP contribution >= 0.6 is 0 Å². The summed E-state index contributed by atoms with van der Waals surface area (Å²) in [6.45, 7) is 4.77. The highest BCUT2D eigenvalue weighted by Gasteiger charge is 2.24. The quantitative estimate of drug-likeness (QED) is 0.451. The van der Waals surface area contributed by atoms with Crippen LogP contribution in [0.2, 0.25) is 0 Å². The Morgan fingerprint density at radius 1 is 0.971 bits per heavy atom. The number of methoxy groups -OCH3 is 2. The average molecular weight is 472 g/mol. The number of ether oxygens (including phenoxy) is 3. The third-order valence-electron chi connectivity index (χ3n) is 5.25. The fraction of sp³-hybridized carbons (Fsp3) is 0.308. The lowest BCUT2D eigenvalue weighted by Crippen LogP contribution is -2.36. The summed E-state index contributed by atoms with van der Waals surface area (Å²) in [5.74, 6) is -1.37. The van der Waals surface area contributed by atoms with Crippen LogP contribution in [0.3, 0.4) is 0 Å². The molecule has 2 aromatic carbocycles. The second-order valence-electron chi connectivity index (χ2n) is 7.76. The van der Waals surface area contributed by atoms with Crippen molar-refractivity contribution >= 4 is 5.91 Å². The number of nitrogens with zero attached hydrogens (tertiary/aromatic N) is 1. The molecule has 1 unspecified atom stereocenters. The smallest absolute Gasteiger partial charge is 0.376 e. The number of aromatic nitrogens is 1. The molecule has 1 N–H and O–H groups in total. The Morgan fingerprint density at radius 2 is 1.56 bits per heavy atom. The minimum absolute atomic E-state index is 0.341. The van der Waals surface area contributed by atoms with E-state index in [0.29, 0.717) is 31.4 Å². The standard InChI is InChI=1S/C26H28F2N2O4/c1-5-34-16-19-14-23(32-3)30(24(15-19)33-4)20-11-9-18(10-12-20)13-17(2)29-26(31)25-21(27)7-6-8-22(25)28/h6-12,14-15,17H,5,13,16H2,1-4H3/p+1. The SMILES string of the molecule is CCOCc1cc(OC)[n+](-c2ccc(CC(C)NC(=O)c3c(F)cccc3F)cc2)c(OC)c1. The molecular formula is C26H29F2N2O4+. The van der Waals surface area contributed by atoms with Gasteiger partial charge in [-0.25, -0.2) is 8.78 Å². The lowest BCUT2D eigenvalue weighted by Gasteiger charge is -2.15. The number of halogens is 2. The lowest BCUT2D eigenvalue weighted by atomic mass is 10.1. The van der Waals surface area contributed by atoms with Crippen LogP contribution in [0.5, 0.6) is 11.8 Å². The first-order chi connectivity index (χ1) is 16.4. The van der Waals surface area contributed by atoms with Crippen molar-refractivity contribution in [2.24, 2.45) is 0 Å². The van der Waals surface area contributed by atoms with Gasteiger partial charge in [-0.2, -0.15) is 0 Å². The van der Waals surface area contributed by atoms with E-state index in [-0.39, 0.29) is 6.04 Å². The van der Waals surface area contributed by atoms with Crippen molar-refractivity contribution in [3.8, 4) is 17.4 Å². The second-order valence-corrected chi connectivity index (χ2v) is 7.76. The van der Waals surface area contributed by atoms with Gasteiger partial charge >= 0.3 is 11.8 Å². The number of pyridine rings is 1. The minimum Gasteiger partial charge on any atom is -0.447 e. The first kappa shape index (κ1) is 25.1. The van der Waals surface area contributed by atoms with Gasteiger partial charge in [-0.3, -0.25) is 4.79 Å². The molecule has 1 heterocycles. The van der Waals surface area contributed by atoms with E-state index < -0.39 is 23.1 Å². The van der Waals surface area contributed by atoms with Crippen LogP contribution < -0.4 is 19.4 Å². The van der Waals surface area contributed by atoms with Crippen molar-refractivity contribution in [3.63, 3.8) is 0 Å². The molecule has 1 atom stereocenters. The largest absolute Gasteiger partial charge is 0.447 e. The molecule has 0 fully saturated rings. The second kappa shape index (κ2) is 11.6. The van der Waals surface area contributed by atoms with Gasteiger partial charge in [-0.05, 0) is 43.5 Å². The number of carbonyl (C=O) groups excluding carboxylic acids is 1. The van der Waals surface area contributed by atoms with Crippen LogP contribution in [0.15, 0.2) is 54.6 Å². The molecule has 3 aromatic rings. The van der Waals surface area contributed by atoms with E-state index in [9.17, 15) is 13.6 Å². The van der Waals surface area contributed by atoms with Crippen molar-refractivity contribution in [1.29, 1.82) is 0 Å². The molecule has 0 aliphatic heterocycles. The Bertz CT molecular complexity index is 1090. The highest BCUT2D eigenvalue weighted by Crippen LogP contribution is 2.21. The number of rotatable bonds is 10. The normalized spacial score (nSPS) is 11.7. The number of carbonyl (C=O) groups is 1. The Balaban J connectivity index is 1.75. The highest BCUT2D eigenvalue weighted by atomic mass is 19.1. The molecule has 1 amide bonds. The summed E-state index contributed by atoms with van der Waals surface area (Å²) in [4.78, 5) is 12.3. The first-order valence-electron chi connectivity index (χ1n) is 11.0. The van der Waals surface area contributed by atoms with Gasteiger partial charge in [0.15, 0.2) is 0 Å². The van der Waals surface area contributed by atoms with Crippen molar-refractivity contribution in [2.45, 2.75) is 32.9 Å². The molecule has 8 heteroatoms. The highest BCUT2D eigenvalue weighted by molar-refractivity contribution is 5.94. The monoisotopic (exact) mass is 471 g/mol. The van der Waals surface area contributed by atoms with Crippen LogP contribution in [0.4, 0.5) is 8.78 Å². The zero-order valence-corrected chi connectivity index (χ0v) is 19.7. The first-order valence-corrected chi connectivity index (χ1v) is 11.0. The van der Waals surface area contributed by atoms with Gasteiger partial charge in [0.2, 0.25) is 5.69 Å². The van der Waals surface area contributed by atoms with Crippen molar-refractivity contribution in [1.82, 2.24) is 5.32 Å². The summed E-state index contributed by atoms with van der Waals surface area (Å²) < 4.78 is 46.2. The zero-order chi connectivity index (χ0) is 24.7. The summed E-state index contributed by atoms with van der Waals surface area (Å²) in [5, 5.41) is 2.66. The summed E-state index contributed by atoms with van der Waals surface area (Å²) in [5.41, 5.74) is 2.12. The third-order valence-corrected chi connectivity index (χ3v) is 5.25. The van der Waals surface area contributed by atoms with E-state index in [1.54, 1.807) is 21.1 Å². The van der Waals surface area contributed by atoms with E-state index in [0.717, 1.165) is 28.9 Å². The maximum atomic E-state index is 13.9. The Hall–Kier alpha value is -3.52. The molecule has 0 bridgehead atoms. The molecule has 0 spiro atoms. The van der Waals surface area contributed by atoms with E-state index in [1.165, 1.54) is 6.07 Å². The van der Waals surface area contributed by atoms with Crippen LogP contribution in [0, 0.1) is 11.6 Å². The Kier molecular flexibility index (Phi) is 8.54. The summed E-state index contributed by atoms with van der Waals surface area (Å²) in [6.07, 6.45) is 0.480. The molecule has 0 aliphatic carbocycles. The lowest BCUT2D eigenvalue weighted by molar-refractivity contribution is -0.609. The zero-order valence-electron chi connectivity index (χ0n) is 19.7. The average Bonchev–Trinajstić information content (AvgIpc) is 2.82. The van der Waals surface area contributed by atoms with E-state index >= 15 is 0 Å². The van der Waals surface area contributed by atoms with Crippen molar-refractivity contribution in [3.05, 3.63) is 82.9 Å². The maximum absolute atomic E-state index is 13.9. The molecule has 0 radical (unpaired) electrons. The number of benzene rings is 2. The molecule has 3 rings (SSSR count). The molecule has 180 valence electrons. The van der Waals surface area contributed by atoms with Gasteiger partial charge in [0, 0.05) is 24.8 Å². The van der Waals surface area contributed by atoms with Gasteiger partial charge in [0.1, 0.15) is 17.2 Å². The van der Waals surface area contributed by atoms with Gasteiger partial charge in [0.05, 0.1) is 33.0 Å². The number of amides is 1. The third kappa shape index (κ3) is 5.88. The van der Waals surface area contributed by atoms with Gasteiger partial charge in [-0.15, -0.1) is 0 Å². The van der Waals surface area contributed by atoms with Crippen LogP contribution in [-0.2, 0) is 17.8 Å². The fourth-order valence-electron chi connectivity index (χ4n) is 3.65. The summed E-state index contributed by atoms with van der Waals surface area (Å²) >= 11 is 0. The number of hydrogen-bond acceptors (Lipinski definition) is 4. The molecule has 0 aliphatic rings. The fourth-order valence-corrected chi connectivity index (χ4v) is 3.65. The Labute approximate surface area is 198 Å². The van der Waals surface area contributed by atoms with Crippen molar-refractivity contribution < 1.29 is 32.4 Å². The van der Waals surface area contributed by atoms with Gasteiger partial charge in [0.25, 0.3) is 5.91 Å². The molecule has 0 saturated heterocycles. The molecule has 0 saturated carbocycles. The minimum atomic E-state index is -0.888. The van der Waals surface area contributed by atoms with Crippen molar-refractivity contribution in [2.75, 3.05) is 20.8 Å². The van der Waals surface area contributed by atoms with E-state index in [1.807, 2.05) is 47.9 Å². The van der Waals surface area contributed by atoms with Crippen LogP contribution in [-0.4, -0.2) is 32.8 Å². The topological polar surface area (TPSA) is 60.7 Å². The van der Waals surface area contributed by atoms with Crippen LogP contribution in [0.25, 0.3) is 5.69 Å². The molecule has 34 heavy (non-hydrogen) atoms. The number of hydrogen-bond donors (Lipinski definition) is 1. The van der Waals surface area contributed by atoms with E-state index in [2.05, 4.69) is 5.32 Å². The number of nitrogens with one attached hydrogen (secondary N) is 1. The molecule has 1 aromatic heterocycles. The predicted molar refractivity (Wildman–Crippen MR) is 123 cm³/mol. The van der Waals surface area contributed by atoms with Gasteiger partial charge in [-0.1, -0.05) is 22.8 Å². The summed E-state index contributed by atoms with van der Waals surface area (Å²) in [7, 11) is 3.18. The Morgan fingerprint density at radius 3 is 2.09 bits per heavy atom. The molecule has 6 nitrogen and oxygen atoms in total. The summed E-state index contributed by atoms with van der Waals surface area (Å²) in [6, 6.07) is 14.4. The van der Waals surface area contributed by atoms with E-state index in [4.69, 9.17) is 14.2 Å². The maximum Gasteiger partial charge on any atom is 0.376 e. The van der Waals surface area contributed by atoms with Crippen LogP contribution in [0.1, 0.15) is 35.3 Å².